The molecule has 2 saturated heterocycles. The van der Waals surface area contributed by atoms with Crippen LogP contribution in [0.25, 0.3) is 10.4 Å². The second-order valence-corrected chi connectivity index (χ2v) is 25.8. The lowest BCUT2D eigenvalue weighted by Crippen LogP contribution is -2.59. The number of amides is 3. The number of para-hydroxylation sites is 1. The number of hydrogen-bond donors (Lipinski definition) is 6. The molecule has 0 spiro atoms. The summed E-state index contributed by atoms with van der Waals surface area (Å²) < 4.78 is 92.3. The molecule has 0 bridgehead atoms. The third kappa shape index (κ3) is 14.4. The number of anilines is 4. The van der Waals surface area contributed by atoms with Crippen LogP contribution in [0.4, 0.5) is 36.4 Å². The number of nitrogens with zero attached hydrogens (tertiary/aromatic N) is 7. The van der Waals surface area contributed by atoms with Crippen LogP contribution in [-0.4, -0.2) is 143 Å². The molecule has 86 heavy (non-hydrogen) atoms. The first kappa shape index (κ1) is 61.5. The number of aryl methyl sites for hydroxylation is 1. The number of sulfone groups is 1. The van der Waals surface area contributed by atoms with Crippen LogP contribution in [0.5, 0.6) is 23.3 Å². The minimum Gasteiger partial charge on any atom is -0.493 e. The van der Waals surface area contributed by atoms with E-state index in [9.17, 15) is 41.1 Å². The Labute approximate surface area is 503 Å². The minimum atomic E-state index is -3.94. The topological polar surface area (TPSA) is 274 Å². The molecule has 1 aliphatic carbocycles. The van der Waals surface area contributed by atoms with Gasteiger partial charge < -0.3 is 60.4 Å². The van der Waals surface area contributed by atoms with Crippen LogP contribution in [-0.2, 0) is 30.8 Å². The third-order valence-electron chi connectivity index (χ3n) is 15.0. The summed E-state index contributed by atoms with van der Waals surface area (Å²) in [6.07, 6.45) is -0.487. The zero-order chi connectivity index (χ0) is 61.1. The first-order chi connectivity index (χ1) is 40.9. The number of unbranched alkanes of at least 4 members (excludes halogenated alkanes) is 2. The number of hydrogen-bond acceptors (Lipinski definition) is 20. The van der Waals surface area contributed by atoms with Gasteiger partial charge >= 0.3 is 12.3 Å². The number of likely N-dealkylation sites (tertiary alicyclic amines) is 1. The lowest BCUT2D eigenvalue weighted by Gasteiger charge is -2.35. The average Bonchev–Trinajstić information content (AvgIpc) is 1.87. The van der Waals surface area contributed by atoms with Crippen molar-refractivity contribution in [1.82, 2.24) is 45.8 Å². The molecule has 6 N–H and O–H groups in total. The van der Waals surface area contributed by atoms with Crippen molar-refractivity contribution in [2.24, 2.45) is 5.41 Å². The molecular formula is C58H66ClF3N12O10S2. The van der Waals surface area contributed by atoms with Crippen LogP contribution in [0.1, 0.15) is 87.9 Å². The lowest BCUT2D eigenvalue weighted by atomic mass is 9.85. The van der Waals surface area contributed by atoms with Crippen molar-refractivity contribution in [3.05, 3.63) is 106 Å². The first-order valence-corrected chi connectivity index (χ1v) is 31.2. The van der Waals surface area contributed by atoms with Crippen molar-refractivity contribution in [3.63, 3.8) is 0 Å². The van der Waals surface area contributed by atoms with Crippen molar-refractivity contribution in [2.45, 2.75) is 114 Å². The predicted octanol–water partition coefficient (Wildman–Crippen LogP) is 7.67. The highest BCUT2D eigenvalue weighted by Gasteiger charge is 2.53. The maximum Gasteiger partial charge on any atom is 0.586 e. The number of aliphatic hydroxyl groups is 1. The molecule has 0 radical (unpaired) electrons. The van der Waals surface area contributed by atoms with E-state index in [1.807, 2.05) is 30.0 Å². The number of nitrogens with one attached hydrogen (secondary N) is 5. The Hall–Kier alpha value is -7.59. The molecule has 10 rings (SSSR count). The van der Waals surface area contributed by atoms with Gasteiger partial charge in [0, 0.05) is 69.3 Å². The number of pyridine rings is 1. The molecule has 3 aliphatic heterocycles. The van der Waals surface area contributed by atoms with Gasteiger partial charge in [0.2, 0.25) is 23.7 Å². The van der Waals surface area contributed by atoms with Crippen molar-refractivity contribution >= 4 is 73.8 Å². The Morgan fingerprint density at radius 3 is 2.42 bits per heavy atom. The van der Waals surface area contributed by atoms with E-state index in [4.69, 9.17) is 35.5 Å². The molecule has 3 aromatic carbocycles. The van der Waals surface area contributed by atoms with Crippen LogP contribution in [0.3, 0.4) is 0 Å². The number of aromatic nitrogens is 5. The maximum absolute atomic E-state index is 14.8. The van der Waals surface area contributed by atoms with Crippen LogP contribution in [0.2, 0.25) is 5.02 Å². The van der Waals surface area contributed by atoms with E-state index in [0.29, 0.717) is 62.7 Å². The Morgan fingerprint density at radius 1 is 0.942 bits per heavy atom. The van der Waals surface area contributed by atoms with Gasteiger partial charge in [0.25, 0.3) is 5.91 Å². The quantitative estimate of drug-likeness (QED) is 0.0336. The van der Waals surface area contributed by atoms with E-state index in [2.05, 4.69) is 46.5 Å². The van der Waals surface area contributed by atoms with Gasteiger partial charge in [0.05, 0.1) is 68.4 Å². The van der Waals surface area contributed by atoms with Gasteiger partial charge in [-0.15, -0.1) is 20.1 Å². The fourth-order valence-corrected chi connectivity index (χ4v) is 11.8. The molecular weight excluding hydrogens is 1180 g/mol. The molecule has 6 heterocycles. The van der Waals surface area contributed by atoms with E-state index in [-0.39, 0.29) is 102 Å². The number of ether oxygens (including phenoxy) is 4. The monoisotopic (exact) mass is 1250 g/mol. The number of aliphatic hydroxyl groups excluding tert-OH is 1. The minimum absolute atomic E-state index is 0.00462. The summed E-state index contributed by atoms with van der Waals surface area (Å²) in [6, 6.07) is 14.3. The van der Waals surface area contributed by atoms with Crippen molar-refractivity contribution in [3.8, 4) is 33.7 Å². The molecule has 4 atom stereocenters. The standard InChI is InChI=1S/C58H66ClF3N12O10S2/c1-33-48(85-32-66-33)34-14-15-35(30-65-50(76)42-28-36(75)31-74(42)51(77)49(56(2,3)4)69-52(78)57(60)18-19-57)44(27-34)81-25-7-6-8-26-82-55-71-53(70-54(72-55)73-23-21-63-22-24-73)68-41-29-37(86(5,79)80)16-17-40(41)67-45(46-39(59)12-10-20-64-46)38-11-9-13-43-47(38)84-58(61,62)83-43/h9-17,20,27,29,32,36,42,45,49,63,67,75H,6-8,18-19,21-26,28,30-31H2,1-5H3,(H,65,76)(H,69,78)(H,68,70,71,72)/t36-,42+,45+,49-/m1/s1. The highest BCUT2D eigenvalue weighted by atomic mass is 35.5. The second kappa shape index (κ2) is 25.4. The van der Waals surface area contributed by atoms with Crippen LogP contribution in [0, 0.1) is 12.3 Å². The van der Waals surface area contributed by atoms with Gasteiger partial charge in [-0.1, -0.05) is 56.6 Å². The highest BCUT2D eigenvalue weighted by Crippen LogP contribution is 2.48. The van der Waals surface area contributed by atoms with E-state index in [1.54, 1.807) is 44.5 Å². The number of β-amino-alcohol motifs (C(OH)–C–C–N with tert-alkyl or cyclic N) is 1. The van der Waals surface area contributed by atoms with E-state index in [0.717, 1.165) is 22.4 Å². The van der Waals surface area contributed by atoms with E-state index in [1.165, 1.54) is 52.8 Å². The molecule has 3 fully saturated rings. The van der Waals surface area contributed by atoms with E-state index < -0.39 is 69.2 Å². The second-order valence-electron chi connectivity index (χ2n) is 22.6. The Bertz CT molecular complexity index is 3610. The zero-order valence-corrected chi connectivity index (χ0v) is 50.2. The van der Waals surface area contributed by atoms with Crippen molar-refractivity contribution in [2.75, 3.05) is 67.7 Å². The maximum atomic E-state index is 14.8. The molecule has 6 aromatic rings. The van der Waals surface area contributed by atoms with Gasteiger partial charge in [-0.3, -0.25) is 19.4 Å². The largest absolute Gasteiger partial charge is 0.586 e. The summed E-state index contributed by atoms with van der Waals surface area (Å²) >= 11 is 8.19. The van der Waals surface area contributed by atoms with Crippen LogP contribution >= 0.6 is 22.9 Å². The zero-order valence-electron chi connectivity index (χ0n) is 47.8. The Morgan fingerprint density at radius 2 is 1.71 bits per heavy atom. The SMILES string of the molecule is Cc1ncsc1-c1ccc(CNC(=O)[C@@H]2C[C@@H](O)CN2C(=O)[C@@H](NC(=O)C2(F)CC2)C(C)(C)C)c(OCCCCCOc2nc(Nc3cc(S(C)(=O)=O)ccc3N[C@@H](c3cccc4c3OC(F)(F)O4)c3ncccc3Cl)nc(N3CCNCC3)n2)c1. The summed E-state index contributed by atoms with van der Waals surface area (Å²) in [5.41, 5.74) is 2.15. The van der Waals surface area contributed by atoms with Gasteiger partial charge in [-0.2, -0.15) is 15.0 Å². The fraction of sp³-hybridized carbons (Fsp3) is 0.448. The number of piperazine rings is 1. The molecule has 3 amide bonds. The van der Waals surface area contributed by atoms with Gasteiger partial charge in [0.1, 0.15) is 17.8 Å². The molecule has 28 heteroatoms. The molecule has 4 aliphatic rings. The van der Waals surface area contributed by atoms with Crippen molar-refractivity contribution in [1.29, 1.82) is 0 Å². The first-order valence-electron chi connectivity index (χ1n) is 28.1. The van der Waals surface area contributed by atoms with Gasteiger partial charge in [-0.05, 0) is 92.5 Å². The number of halogens is 4. The molecule has 22 nitrogen and oxygen atoms in total. The van der Waals surface area contributed by atoms with Gasteiger partial charge in [-0.25, -0.2) is 17.8 Å². The van der Waals surface area contributed by atoms with Crippen LogP contribution < -0.4 is 50.4 Å². The number of alkyl halides is 3. The molecule has 458 valence electrons. The third-order valence-corrected chi connectivity index (χ3v) is 17.4. The summed E-state index contributed by atoms with van der Waals surface area (Å²) in [5, 5.41) is 26.3. The molecule has 3 aromatic heterocycles. The normalized spacial score (nSPS) is 18.4. The molecule has 1 saturated carbocycles. The predicted molar refractivity (Wildman–Crippen MR) is 315 cm³/mol. The summed E-state index contributed by atoms with van der Waals surface area (Å²) in [6.45, 7) is 9.92. The number of thiazole rings is 1. The summed E-state index contributed by atoms with van der Waals surface area (Å²) in [4.78, 5) is 67.8. The van der Waals surface area contributed by atoms with Crippen molar-refractivity contribution < 1.29 is 60.0 Å². The Kier molecular flexibility index (Phi) is 18.2. The smallest absolute Gasteiger partial charge is 0.493 e. The fourth-order valence-electron chi connectivity index (χ4n) is 10.2. The van der Waals surface area contributed by atoms with E-state index >= 15 is 0 Å². The van der Waals surface area contributed by atoms with Crippen LogP contribution in [0.15, 0.2) is 83.3 Å². The molecule has 0 unspecified atom stereocenters. The number of fused-ring (bicyclic) bond motifs is 1. The lowest BCUT2D eigenvalue weighted by molar-refractivity contribution is -0.287. The highest BCUT2D eigenvalue weighted by molar-refractivity contribution is 7.90. The number of carbonyl (C=O) groups is 3. The summed E-state index contributed by atoms with van der Waals surface area (Å²) in [5.74, 6) is -1.60. The summed E-state index contributed by atoms with van der Waals surface area (Å²) in [7, 11) is -3.78. The number of rotatable bonds is 23. The van der Waals surface area contributed by atoms with Gasteiger partial charge in [0.15, 0.2) is 27.0 Å². The average molecular weight is 1250 g/mol. The number of carbonyl (C=O) groups excluding carboxylic acids is 3. The number of benzene rings is 3. The Balaban J connectivity index is 0.818.